The fraction of sp³-hybridized carbons (Fsp3) is 0.625. The number of likely N-dealkylation sites (tertiary alicyclic amines) is 1. The predicted molar refractivity (Wildman–Crippen MR) is 81.0 cm³/mol. The maximum absolute atomic E-state index is 5.88. The molecule has 1 atom stereocenters. The van der Waals surface area contributed by atoms with E-state index >= 15 is 0 Å². The molecule has 2 aliphatic heterocycles. The number of nitrogens with zero attached hydrogens (tertiary/aromatic N) is 1. The molecule has 1 unspecified atom stereocenters. The molecule has 0 aromatic heterocycles. The summed E-state index contributed by atoms with van der Waals surface area (Å²) in [5, 5.41) is 0. The van der Waals surface area contributed by atoms with Crippen molar-refractivity contribution in [2.24, 2.45) is 11.1 Å². The minimum Gasteiger partial charge on any atom is -0.493 e. The van der Waals surface area contributed by atoms with E-state index in [4.69, 9.17) is 19.9 Å². The van der Waals surface area contributed by atoms with Gasteiger partial charge in [-0.05, 0) is 42.6 Å². The average molecular weight is 292 g/mol. The molecule has 1 fully saturated rings. The lowest BCUT2D eigenvalue weighted by Crippen LogP contribution is -2.31. The molecule has 0 saturated carbocycles. The largest absolute Gasteiger partial charge is 0.493 e. The number of nitrogens with two attached hydrogens (primary N) is 1. The third-order valence-corrected chi connectivity index (χ3v) is 4.42. The van der Waals surface area contributed by atoms with Crippen molar-refractivity contribution >= 4 is 0 Å². The van der Waals surface area contributed by atoms with Gasteiger partial charge in [-0.1, -0.05) is 6.92 Å². The SMILES string of the molecule is COc1cc(CN2CCC(C)(CN)C2)cc2c1OCCO2. The van der Waals surface area contributed by atoms with Crippen LogP contribution in [0.1, 0.15) is 18.9 Å². The van der Waals surface area contributed by atoms with E-state index in [-0.39, 0.29) is 5.41 Å². The molecule has 1 aromatic rings. The number of ether oxygens (including phenoxy) is 3. The van der Waals surface area contributed by atoms with E-state index in [0.29, 0.717) is 13.2 Å². The van der Waals surface area contributed by atoms with Crippen LogP contribution >= 0.6 is 0 Å². The highest BCUT2D eigenvalue weighted by atomic mass is 16.6. The van der Waals surface area contributed by atoms with Crippen molar-refractivity contribution in [3.63, 3.8) is 0 Å². The monoisotopic (exact) mass is 292 g/mol. The number of benzene rings is 1. The molecule has 3 rings (SSSR count). The first-order valence-electron chi connectivity index (χ1n) is 7.52. The Bertz CT molecular complexity index is 503. The topological polar surface area (TPSA) is 57.0 Å². The van der Waals surface area contributed by atoms with Crippen LogP contribution in [0.3, 0.4) is 0 Å². The third kappa shape index (κ3) is 2.94. The Morgan fingerprint density at radius 1 is 1.33 bits per heavy atom. The molecule has 0 aliphatic carbocycles. The van der Waals surface area contributed by atoms with Crippen LogP contribution < -0.4 is 19.9 Å². The first-order valence-corrected chi connectivity index (χ1v) is 7.52. The van der Waals surface area contributed by atoms with Gasteiger partial charge >= 0.3 is 0 Å². The molecule has 21 heavy (non-hydrogen) atoms. The Balaban J connectivity index is 1.77. The maximum atomic E-state index is 5.88. The summed E-state index contributed by atoms with van der Waals surface area (Å²) in [6, 6.07) is 4.11. The lowest BCUT2D eigenvalue weighted by molar-refractivity contribution is 0.164. The number of fused-ring (bicyclic) bond motifs is 1. The number of hydrogen-bond donors (Lipinski definition) is 1. The van der Waals surface area contributed by atoms with E-state index < -0.39 is 0 Å². The highest BCUT2D eigenvalue weighted by Crippen LogP contribution is 2.41. The van der Waals surface area contributed by atoms with Gasteiger partial charge in [0.15, 0.2) is 11.5 Å². The molecule has 0 amide bonds. The van der Waals surface area contributed by atoms with E-state index in [1.165, 1.54) is 5.56 Å². The van der Waals surface area contributed by atoms with Crippen LogP contribution in [-0.4, -0.2) is 44.9 Å². The normalized spacial score (nSPS) is 25.1. The van der Waals surface area contributed by atoms with Gasteiger partial charge in [0.25, 0.3) is 0 Å². The van der Waals surface area contributed by atoms with Gasteiger partial charge < -0.3 is 19.9 Å². The summed E-state index contributed by atoms with van der Waals surface area (Å²) >= 11 is 0. The zero-order chi connectivity index (χ0) is 14.9. The highest BCUT2D eigenvalue weighted by molar-refractivity contribution is 5.54. The van der Waals surface area contributed by atoms with Gasteiger partial charge in [-0.2, -0.15) is 0 Å². The fourth-order valence-electron chi connectivity index (χ4n) is 3.10. The van der Waals surface area contributed by atoms with Gasteiger partial charge in [0, 0.05) is 13.1 Å². The molecular formula is C16H24N2O3. The minimum absolute atomic E-state index is 0.248. The molecule has 2 aliphatic rings. The van der Waals surface area contributed by atoms with Gasteiger partial charge in [-0.25, -0.2) is 0 Å². The Hall–Kier alpha value is -1.46. The van der Waals surface area contributed by atoms with Crippen molar-refractivity contribution in [3.05, 3.63) is 17.7 Å². The van der Waals surface area contributed by atoms with E-state index in [9.17, 15) is 0 Å². The summed E-state index contributed by atoms with van der Waals surface area (Å²) in [5.74, 6) is 2.26. The van der Waals surface area contributed by atoms with Crippen molar-refractivity contribution in [2.75, 3.05) is 40.0 Å². The Morgan fingerprint density at radius 2 is 2.14 bits per heavy atom. The number of hydrogen-bond acceptors (Lipinski definition) is 5. The minimum atomic E-state index is 0.248. The first-order chi connectivity index (χ1) is 10.1. The van der Waals surface area contributed by atoms with Crippen LogP contribution in [0, 0.1) is 5.41 Å². The van der Waals surface area contributed by atoms with E-state index in [1.54, 1.807) is 7.11 Å². The highest BCUT2D eigenvalue weighted by Gasteiger charge is 2.32. The summed E-state index contributed by atoms with van der Waals surface area (Å²) < 4.78 is 16.8. The van der Waals surface area contributed by atoms with Crippen LogP contribution in [-0.2, 0) is 6.54 Å². The molecule has 2 N–H and O–H groups in total. The van der Waals surface area contributed by atoms with Gasteiger partial charge in [0.2, 0.25) is 5.75 Å². The molecule has 0 bridgehead atoms. The molecule has 116 valence electrons. The van der Waals surface area contributed by atoms with Crippen molar-refractivity contribution in [3.8, 4) is 17.2 Å². The lowest BCUT2D eigenvalue weighted by atomic mass is 9.90. The predicted octanol–water partition coefficient (Wildman–Crippen LogP) is 1.64. The quantitative estimate of drug-likeness (QED) is 0.914. The van der Waals surface area contributed by atoms with E-state index in [0.717, 1.165) is 49.8 Å². The third-order valence-electron chi connectivity index (χ3n) is 4.42. The zero-order valence-electron chi connectivity index (χ0n) is 12.9. The van der Waals surface area contributed by atoms with Gasteiger partial charge in [-0.3, -0.25) is 4.90 Å². The van der Waals surface area contributed by atoms with Gasteiger partial charge in [-0.15, -0.1) is 0 Å². The molecule has 2 heterocycles. The molecule has 1 aromatic carbocycles. The van der Waals surface area contributed by atoms with Crippen LogP contribution in [0.15, 0.2) is 12.1 Å². The van der Waals surface area contributed by atoms with Crippen LogP contribution in [0.5, 0.6) is 17.2 Å². The molecule has 5 heteroatoms. The number of methoxy groups -OCH3 is 1. The van der Waals surface area contributed by atoms with E-state index in [2.05, 4.69) is 17.9 Å². The molecule has 0 spiro atoms. The van der Waals surface area contributed by atoms with Crippen molar-refractivity contribution in [1.82, 2.24) is 4.90 Å². The van der Waals surface area contributed by atoms with Crippen molar-refractivity contribution in [1.29, 1.82) is 0 Å². The molecular weight excluding hydrogens is 268 g/mol. The Morgan fingerprint density at radius 3 is 2.86 bits per heavy atom. The Kier molecular flexibility index (Phi) is 3.95. The fourth-order valence-corrected chi connectivity index (χ4v) is 3.10. The first kappa shape index (κ1) is 14.5. The average Bonchev–Trinajstić information content (AvgIpc) is 2.88. The second-order valence-corrected chi connectivity index (χ2v) is 6.30. The van der Waals surface area contributed by atoms with Crippen LogP contribution in [0.4, 0.5) is 0 Å². The summed E-state index contributed by atoms with van der Waals surface area (Å²) in [4.78, 5) is 2.44. The smallest absolute Gasteiger partial charge is 0.203 e. The summed E-state index contributed by atoms with van der Waals surface area (Å²) in [6.45, 7) is 7.19. The van der Waals surface area contributed by atoms with Gasteiger partial charge in [0.05, 0.1) is 7.11 Å². The summed E-state index contributed by atoms with van der Waals surface area (Å²) in [7, 11) is 1.67. The standard InChI is InChI=1S/C16H24N2O3/c1-16(10-17)3-4-18(11-16)9-12-7-13(19-2)15-14(8-12)20-5-6-21-15/h7-8H,3-6,9-11,17H2,1-2H3. The Labute approximate surface area is 126 Å². The maximum Gasteiger partial charge on any atom is 0.203 e. The molecule has 1 saturated heterocycles. The van der Waals surface area contributed by atoms with Crippen molar-refractivity contribution in [2.45, 2.75) is 19.9 Å². The molecule has 5 nitrogen and oxygen atoms in total. The molecule has 0 radical (unpaired) electrons. The van der Waals surface area contributed by atoms with E-state index in [1.807, 2.05) is 6.07 Å². The van der Waals surface area contributed by atoms with Crippen molar-refractivity contribution < 1.29 is 14.2 Å². The summed E-state index contributed by atoms with van der Waals surface area (Å²) in [6.07, 6.45) is 1.16. The summed E-state index contributed by atoms with van der Waals surface area (Å²) in [5.41, 5.74) is 7.32. The lowest BCUT2D eigenvalue weighted by Gasteiger charge is -2.24. The second-order valence-electron chi connectivity index (χ2n) is 6.30. The van der Waals surface area contributed by atoms with Gasteiger partial charge in [0.1, 0.15) is 13.2 Å². The second kappa shape index (κ2) is 5.73. The van der Waals surface area contributed by atoms with Crippen LogP contribution in [0.2, 0.25) is 0 Å². The number of rotatable bonds is 4. The zero-order valence-corrected chi connectivity index (χ0v) is 12.9. The van der Waals surface area contributed by atoms with Crippen LogP contribution in [0.25, 0.3) is 0 Å².